The van der Waals surface area contributed by atoms with E-state index in [0.29, 0.717) is 31.2 Å². The van der Waals surface area contributed by atoms with Crippen LogP contribution in [-0.4, -0.2) is 36.6 Å². The quantitative estimate of drug-likeness (QED) is 0.794. The van der Waals surface area contributed by atoms with Gasteiger partial charge in [-0.25, -0.2) is 0 Å². The molecule has 0 spiro atoms. The van der Waals surface area contributed by atoms with Crippen LogP contribution in [0.5, 0.6) is 0 Å². The van der Waals surface area contributed by atoms with Gasteiger partial charge in [0, 0.05) is 26.7 Å². The fourth-order valence-corrected chi connectivity index (χ4v) is 1.88. The minimum absolute atomic E-state index is 0.232. The van der Waals surface area contributed by atoms with Gasteiger partial charge < -0.3 is 19.7 Å². The lowest BCUT2D eigenvalue weighted by molar-refractivity contribution is 0.109. The maximum Gasteiger partial charge on any atom is 0.243 e. The van der Waals surface area contributed by atoms with E-state index in [9.17, 15) is 0 Å². The Morgan fingerprint density at radius 1 is 1.59 bits per heavy atom. The normalized spacial score (nSPS) is 21.9. The Morgan fingerprint density at radius 3 is 3.18 bits per heavy atom. The summed E-state index contributed by atoms with van der Waals surface area (Å²) < 4.78 is 15.6. The molecule has 6 heteroatoms. The second-order valence-corrected chi connectivity index (χ2v) is 4.28. The monoisotopic (exact) mass is 241 g/mol. The first kappa shape index (κ1) is 12.5. The Kier molecular flexibility index (Phi) is 4.47. The Morgan fingerprint density at radius 2 is 2.47 bits per heavy atom. The highest BCUT2D eigenvalue weighted by Crippen LogP contribution is 2.17. The van der Waals surface area contributed by atoms with E-state index in [2.05, 4.69) is 10.1 Å². The van der Waals surface area contributed by atoms with E-state index >= 15 is 0 Å². The minimum atomic E-state index is -0.249. The summed E-state index contributed by atoms with van der Waals surface area (Å²) in [5.74, 6) is 1.16. The van der Waals surface area contributed by atoms with Gasteiger partial charge in [-0.15, -0.1) is 0 Å². The van der Waals surface area contributed by atoms with Gasteiger partial charge in [0.15, 0.2) is 5.82 Å². The molecule has 2 unspecified atom stereocenters. The number of nitrogens with two attached hydrogens (primary N) is 1. The van der Waals surface area contributed by atoms with Gasteiger partial charge in [0.2, 0.25) is 5.89 Å². The molecule has 1 saturated heterocycles. The van der Waals surface area contributed by atoms with E-state index in [1.807, 2.05) is 0 Å². The summed E-state index contributed by atoms with van der Waals surface area (Å²) in [6, 6.07) is -0.249. The van der Waals surface area contributed by atoms with Crippen LogP contribution in [0.1, 0.15) is 37.0 Å². The van der Waals surface area contributed by atoms with Crippen molar-refractivity contribution in [2.75, 3.05) is 20.3 Å². The second kappa shape index (κ2) is 6.09. The van der Waals surface area contributed by atoms with E-state index in [1.54, 1.807) is 7.11 Å². The molecule has 2 heterocycles. The van der Waals surface area contributed by atoms with Crippen molar-refractivity contribution >= 4 is 0 Å². The third-order valence-electron chi connectivity index (χ3n) is 2.87. The molecule has 0 radical (unpaired) electrons. The highest BCUT2D eigenvalue weighted by molar-refractivity contribution is 4.93. The molecule has 1 aliphatic rings. The van der Waals surface area contributed by atoms with Crippen molar-refractivity contribution in [3.8, 4) is 0 Å². The summed E-state index contributed by atoms with van der Waals surface area (Å²) in [6.45, 7) is 1.42. The average molecular weight is 241 g/mol. The number of aromatic nitrogens is 2. The van der Waals surface area contributed by atoms with Crippen molar-refractivity contribution in [1.29, 1.82) is 0 Å². The molecule has 96 valence electrons. The molecule has 1 fully saturated rings. The van der Waals surface area contributed by atoms with E-state index in [-0.39, 0.29) is 12.1 Å². The first-order valence-corrected chi connectivity index (χ1v) is 5.98. The summed E-state index contributed by atoms with van der Waals surface area (Å²) in [5.41, 5.74) is 5.90. The third kappa shape index (κ3) is 3.49. The van der Waals surface area contributed by atoms with Crippen molar-refractivity contribution in [2.24, 2.45) is 5.73 Å². The van der Waals surface area contributed by atoms with E-state index in [4.69, 9.17) is 19.7 Å². The zero-order valence-electron chi connectivity index (χ0n) is 10.1. The van der Waals surface area contributed by atoms with Crippen molar-refractivity contribution in [2.45, 2.75) is 37.8 Å². The van der Waals surface area contributed by atoms with Gasteiger partial charge in [-0.2, -0.15) is 4.98 Å². The summed E-state index contributed by atoms with van der Waals surface area (Å²) in [4.78, 5) is 4.29. The number of rotatable bonds is 6. The Hall–Kier alpha value is -0.980. The lowest BCUT2D eigenvalue weighted by Gasteiger charge is -2.05. The summed E-state index contributed by atoms with van der Waals surface area (Å²) >= 11 is 0. The number of methoxy groups -OCH3 is 1. The molecule has 2 rings (SSSR count). The highest BCUT2D eigenvalue weighted by atomic mass is 16.5. The first-order valence-electron chi connectivity index (χ1n) is 5.98. The van der Waals surface area contributed by atoms with Crippen molar-refractivity contribution in [3.05, 3.63) is 11.7 Å². The topological polar surface area (TPSA) is 83.4 Å². The molecule has 2 atom stereocenters. The highest BCUT2D eigenvalue weighted by Gasteiger charge is 2.20. The van der Waals surface area contributed by atoms with Crippen LogP contribution in [0.3, 0.4) is 0 Å². The maximum atomic E-state index is 5.90. The summed E-state index contributed by atoms with van der Waals surface area (Å²) in [5, 5.41) is 3.92. The lowest BCUT2D eigenvalue weighted by atomic mass is 10.2. The predicted octanol–water partition coefficient (Wildman–Crippen LogP) is 0.827. The van der Waals surface area contributed by atoms with Gasteiger partial charge in [-0.3, -0.25) is 0 Å². The average Bonchev–Trinajstić information content (AvgIpc) is 2.98. The van der Waals surface area contributed by atoms with Crippen LogP contribution in [0.15, 0.2) is 4.52 Å². The van der Waals surface area contributed by atoms with Gasteiger partial charge in [-0.1, -0.05) is 5.16 Å². The maximum absolute atomic E-state index is 5.90. The number of hydrogen-bond acceptors (Lipinski definition) is 6. The van der Waals surface area contributed by atoms with Gasteiger partial charge >= 0.3 is 0 Å². The van der Waals surface area contributed by atoms with Gasteiger partial charge in [0.1, 0.15) is 0 Å². The fraction of sp³-hybridized carbons (Fsp3) is 0.818. The fourth-order valence-electron chi connectivity index (χ4n) is 1.88. The lowest BCUT2D eigenvalue weighted by Crippen LogP contribution is -2.14. The Labute approximate surface area is 100 Å². The SMILES string of the molecule is COCCC(N)c1nc(CC2CCCO2)no1. The van der Waals surface area contributed by atoms with Crippen molar-refractivity contribution in [1.82, 2.24) is 10.1 Å². The summed E-state index contributed by atoms with van der Waals surface area (Å²) in [6.07, 6.45) is 3.80. The largest absolute Gasteiger partial charge is 0.385 e. The van der Waals surface area contributed by atoms with Gasteiger partial charge in [0.25, 0.3) is 0 Å². The number of nitrogens with zero attached hydrogens (tertiary/aromatic N) is 2. The molecule has 6 nitrogen and oxygen atoms in total. The van der Waals surface area contributed by atoms with Crippen LogP contribution in [0.2, 0.25) is 0 Å². The van der Waals surface area contributed by atoms with Crippen LogP contribution in [-0.2, 0) is 15.9 Å². The molecular formula is C11H19N3O3. The Balaban J connectivity index is 1.86. The molecule has 2 N–H and O–H groups in total. The van der Waals surface area contributed by atoms with Crippen LogP contribution < -0.4 is 5.73 Å². The number of hydrogen-bond donors (Lipinski definition) is 1. The van der Waals surface area contributed by atoms with Gasteiger partial charge in [-0.05, 0) is 19.3 Å². The van der Waals surface area contributed by atoms with Crippen molar-refractivity contribution < 1.29 is 14.0 Å². The number of ether oxygens (including phenoxy) is 2. The van der Waals surface area contributed by atoms with Crippen LogP contribution in [0.4, 0.5) is 0 Å². The second-order valence-electron chi connectivity index (χ2n) is 4.28. The molecule has 0 bridgehead atoms. The molecule has 0 aromatic carbocycles. The summed E-state index contributed by atoms with van der Waals surface area (Å²) in [7, 11) is 1.64. The van der Waals surface area contributed by atoms with E-state index < -0.39 is 0 Å². The predicted molar refractivity (Wildman–Crippen MR) is 60.4 cm³/mol. The molecule has 0 aliphatic carbocycles. The Bertz CT molecular complexity index is 336. The van der Waals surface area contributed by atoms with E-state index in [0.717, 1.165) is 19.4 Å². The molecule has 1 aliphatic heterocycles. The van der Waals surface area contributed by atoms with Crippen LogP contribution in [0.25, 0.3) is 0 Å². The van der Waals surface area contributed by atoms with Crippen molar-refractivity contribution in [3.63, 3.8) is 0 Å². The van der Waals surface area contributed by atoms with Crippen LogP contribution >= 0.6 is 0 Å². The zero-order valence-corrected chi connectivity index (χ0v) is 10.1. The molecule has 0 saturated carbocycles. The zero-order chi connectivity index (χ0) is 12.1. The van der Waals surface area contributed by atoms with Crippen LogP contribution in [0, 0.1) is 0 Å². The molecular weight excluding hydrogens is 222 g/mol. The molecule has 1 aromatic heterocycles. The molecule has 0 amide bonds. The smallest absolute Gasteiger partial charge is 0.243 e. The van der Waals surface area contributed by atoms with E-state index in [1.165, 1.54) is 0 Å². The molecule has 17 heavy (non-hydrogen) atoms. The third-order valence-corrected chi connectivity index (χ3v) is 2.87. The standard InChI is InChI=1S/C11H19N3O3/c1-15-6-4-9(12)11-13-10(14-17-11)7-8-3-2-5-16-8/h8-9H,2-7,12H2,1H3. The minimum Gasteiger partial charge on any atom is -0.385 e. The first-order chi connectivity index (χ1) is 8.29. The van der Waals surface area contributed by atoms with Gasteiger partial charge in [0.05, 0.1) is 12.1 Å². The molecule has 1 aromatic rings.